The number of phenolic OH excluding ortho intramolecular Hbond substituents is 2. The highest BCUT2D eigenvalue weighted by molar-refractivity contribution is 8.00. The average Bonchev–Trinajstić information content (AvgIpc) is 3.52. The van der Waals surface area contributed by atoms with Crippen molar-refractivity contribution in [3.05, 3.63) is 94.4 Å². The van der Waals surface area contributed by atoms with E-state index >= 15 is 0 Å². The molecule has 4 aromatic rings. The van der Waals surface area contributed by atoms with Crippen LogP contribution >= 0.6 is 23.1 Å². The van der Waals surface area contributed by atoms with Crippen molar-refractivity contribution in [3.8, 4) is 11.5 Å². The van der Waals surface area contributed by atoms with Crippen molar-refractivity contribution in [2.75, 3.05) is 11.5 Å². The van der Waals surface area contributed by atoms with Gasteiger partial charge in [0.15, 0.2) is 41.3 Å². The third-order valence-electron chi connectivity index (χ3n) is 8.10. The summed E-state index contributed by atoms with van der Waals surface area (Å²) in [5.41, 5.74) is 5.56. The number of benzene rings is 2. The van der Waals surface area contributed by atoms with E-state index in [0.29, 0.717) is 12.1 Å². The number of β-lactam (4-membered cyclic amide) rings is 1. The van der Waals surface area contributed by atoms with Gasteiger partial charge in [-0.05, 0) is 42.5 Å². The largest absolute Gasteiger partial charge is 0.504 e. The molecule has 17 heteroatoms. The van der Waals surface area contributed by atoms with E-state index in [0.717, 1.165) is 38.1 Å². The van der Waals surface area contributed by atoms with Gasteiger partial charge in [-0.15, -0.1) is 23.1 Å². The highest BCUT2D eigenvalue weighted by Gasteiger charge is 2.54. The Morgan fingerprint density at radius 3 is 2.47 bits per heavy atom. The van der Waals surface area contributed by atoms with Gasteiger partial charge >= 0.3 is 11.9 Å². The number of nitrogens with one attached hydrogen (secondary N) is 1. The van der Waals surface area contributed by atoms with E-state index < -0.39 is 46.5 Å². The Morgan fingerprint density at radius 2 is 1.82 bits per heavy atom. The van der Waals surface area contributed by atoms with Crippen LogP contribution in [-0.2, 0) is 30.6 Å². The minimum Gasteiger partial charge on any atom is -0.504 e. The van der Waals surface area contributed by atoms with Gasteiger partial charge in [-0.1, -0.05) is 41.6 Å². The molecule has 0 bridgehead atoms. The zero-order valence-corrected chi connectivity index (χ0v) is 28.6. The number of oxime groups is 1. The zero-order valence-electron chi connectivity index (χ0n) is 27.0. The molecule has 51 heavy (non-hydrogen) atoms. The minimum absolute atomic E-state index is 0.0122. The van der Waals surface area contributed by atoms with Gasteiger partial charge in [0.2, 0.25) is 5.60 Å². The van der Waals surface area contributed by atoms with Crippen LogP contribution in [0.5, 0.6) is 11.5 Å². The first-order valence-corrected chi connectivity index (χ1v) is 17.2. The molecule has 15 nitrogen and oxygen atoms in total. The van der Waals surface area contributed by atoms with Crippen LogP contribution in [-0.4, -0.2) is 82.5 Å². The number of hydrogen-bond acceptors (Lipinski definition) is 12. The van der Waals surface area contributed by atoms with Crippen LogP contribution < -0.4 is 15.6 Å². The van der Waals surface area contributed by atoms with Gasteiger partial charge < -0.3 is 36.3 Å². The van der Waals surface area contributed by atoms with Crippen molar-refractivity contribution in [2.45, 2.75) is 37.4 Å². The van der Waals surface area contributed by atoms with E-state index in [1.54, 1.807) is 12.2 Å². The molecular formula is C34H31N6O9S2+. The molecule has 1 fully saturated rings. The maximum Gasteiger partial charge on any atom is 0.352 e. The first kappa shape index (κ1) is 34.9. The maximum absolute atomic E-state index is 13.3. The van der Waals surface area contributed by atoms with Crippen molar-refractivity contribution < 1.29 is 49.0 Å². The van der Waals surface area contributed by atoms with Crippen molar-refractivity contribution in [2.24, 2.45) is 5.16 Å². The van der Waals surface area contributed by atoms with Gasteiger partial charge in [0, 0.05) is 28.1 Å². The highest BCUT2D eigenvalue weighted by atomic mass is 32.2. The number of carboxylic acid groups (broad SMARTS) is 2. The first-order valence-electron chi connectivity index (χ1n) is 15.3. The number of phenols is 2. The molecule has 2 aliphatic heterocycles. The summed E-state index contributed by atoms with van der Waals surface area (Å²) in [5.74, 6) is -4.29. The van der Waals surface area contributed by atoms with E-state index in [1.165, 1.54) is 43.1 Å². The normalized spacial score (nSPS) is 17.7. The summed E-state index contributed by atoms with van der Waals surface area (Å²) in [4.78, 5) is 60.8. The summed E-state index contributed by atoms with van der Waals surface area (Å²) < 4.78 is 1.94. The second-order valence-electron chi connectivity index (χ2n) is 12.1. The number of thiazole rings is 1. The van der Waals surface area contributed by atoms with Crippen LogP contribution in [0.4, 0.5) is 5.13 Å². The monoisotopic (exact) mass is 731 g/mol. The van der Waals surface area contributed by atoms with E-state index in [4.69, 9.17) is 10.6 Å². The molecule has 2 aliphatic rings. The maximum atomic E-state index is 13.3. The third-order valence-corrected chi connectivity index (χ3v) is 10.1. The second-order valence-corrected chi connectivity index (χ2v) is 14.1. The van der Waals surface area contributed by atoms with Crippen molar-refractivity contribution in [1.29, 1.82) is 0 Å². The summed E-state index contributed by atoms with van der Waals surface area (Å²) in [7, 11) is 0. The Kier molecular flexibility index (Phi) is 9.42. The molecule has 2 aromatic carbocycles. The number of carbonyl (C=O) groups is 4. The van der Waals surface area contributed by atoms with Crippen LogP contribution in [0.1, 0.15) is 30.7 Å². The Hall–Kier alpha value is -5.94. The number of anilines is 1. The molecule has 2 amide bonds. The molecular weight excluding hydrogens is 701 g/mol. The molecule has 4 heterocycles. The molecule has 262 valence electrons. The Morgan fingerprint density at radius 1 is 1.12 bits per heavy atom. The van der Waals surface area contributed by atoms with Crippen LogP contribution in [0.25, 0.3) is 16.8 Å². The van der Waals surface area contributed by atoms with Gasteiger partial charge in [-0.2, -0.15) is 0 Å². The molecule has 0 radical (unpaired) electrons. The molecule has 0 saturated carbocycles. The molecule has 0 aliphatic carbocycles. The molecule has 0 unspecified atom stereocenters. The van der Waals surface area contributed by atoms with Gasteiger partial charge in [0.25, 0.3) is 11.8 Å². The number of rotatable bonds is 11. The lowest BCUT2D eigenvalue weighted by Crippen LogP contribution is -2.71. The van der Waals surface area contributed by atoms with E-state index in [2.05, 4.69) is 15.5 Å². The van der Waals surface area contributed by atoms with Crippen molar-refractivity contribution >= 4 is 74.5 Å². The van der Waals surface area contributed by atoms with Crippen molar-refractivity contribution in [3.63, 3.8) is 0 Å². The summed E-state index contributed by atoms with van der Waals surface area (Å²) in [6.07, 6.45) is 7.14. The van der Waals surface area contributed by atoms with Crippen LogP contribution in [0, 0.1) is 0 Å². The molecule has 6 rings (SSSR count). The number of nitrogens with zero attached hydrogens (tertiary/aromatic N) is 4. The number of carboxylic acids is 2. The fourth-order valence-electron chi connectivity index (χ4n) is 5.28. The lowest BCUT2D eigenvalue weighted by atomic mass is 10.0. The zero-order chi connectivity index (χ0) is 36.6. The number of carbonyl (C=O) groups excluding carboxylic acids is 2. The number of nitrogens with two attached hydrogens (primary N) is 1. The standard InChI is InChI=1S/C34H30N6O9S2/c1-34(2,32(47)48)49-38-25(22-16-51-33(35)36-22)28(43)37-26-29(44)40-27(31(45)46)20(15-50-30(26)40)8-7-17-3-5-18(6-4-17)13-39-10-9-19-11-23(41)24(42)12-21(19)14-39/h3-12,14,16,26,30H,13,15H2,1-2H3,(H6,35,36,37,42,43,45,46,47,48)/p+1/b8-7+,38-25-/t26-,30-/m1/s1. The number of amides is 2. The number of aliphatic carboxylic acids is 2. The third kappa shape index (κ3) is 7.20. The summed E-state index contributed by atoms with van der Waals surface area (Å²) in [6, 6.07) is 11.4. The molecule has 1 saturated heterocycles. The number of fused-ring (bicyclic) bond motifs is 2. The van der Waals surface area contributed by atoms with Gasteiger partial charge in [0.05, 0.1) is 0 Å². The van der Waals surface area contributed by atoms with Crippen molar-refractivity contribution in [1.82, 2.24) is 15.2 Å². The van der Waals surface area contributed by atoms with E-state index in [1.807, 2.05) is 47.3 Å². The number of aromatic nitrogens is 2. The molecule has 2 aromatic heterocycles. The quantitative estimate of drug-likeness (QED) is 0.0430. The van der Waals surface area contributed by atoms with Gasteiger partial charge in [-0.25, -0.2) is 19.1 Å². The highest BCUT2D eigenvalue weighted by Crippen LogP contribution is 2.41. The fourth-order valence-corrected chi connectivity index (χ4v) is 7.15. The Labute approximate surface area is 298 Å². The number of hydrogen-bond donors (Lipinski definition) is 6. The number of aromatic hydroxyl groups is 2. The molecule has 2 atom stereocenters. The van der Waals surface area contributed by atoms with E-state index in [-0.39, 0.29) is 33.8 Å². The fraction of sp³-hybridized carbons (Fsp3) is 0.206. The summed E-state index contributed by atoms with van der Waals surface area (Å²) in [6.45, 7) is 3.03. The minimum atomic E-state index is -1.78. The van der Waals surface area contributed by atoms with Gasteiger partial charge in [0.1, 0.15) is 22.8 Å². The SMILES string of the molecule is CC(C)(O/N=C(\C(=O)N[C@@H]1C(=O)N2C(C(=O)O)=C(/C=C/c3ccc(C[n+]4ccc5cc(O)c(O)cc5c4)cc3)CS[C@H]12)c1csc(N)n1)C(=O)O. The lowest BCUT2D eigenvalue weighted by Gasteiger charge is -2.49. The number of thioether (sulfide) groups is 1. The lowest BCUT2D eigenvalue weighted by molar-refractivity contribution is -0.687. The number of pyridine rings is 1. The smallest absolute Gasteiger partial charge is 0.352 e. The molecule has 0 spiro atoms. The number of nitrogen functional groups attached to an aromatic ring is 1. The Bertz CT molecular complexity index is 2180. The summed E-state index contributed by atoms with van der Waals surface area (Å²) in [5, 5.41) is 47.7. The van der Waals surface area contributed by atoms with Gasteiger partial charge in [-0.3, -0.25) is 14.5 Å². The topological polar surface area (TPSA) is 229 Å². The Balaban J connectivity index is 1.14. The average molecular weight is 732 g/mol. The van der Waals surface area contributed by atoms with E-state index in [9.17, 15) is 39.6 Å². The van der Waals surface area contributed by atoms with Crippen LogP contribution in [0.2, 0.25) is 0 Å². The first-order chi connectivity index (χ1) is 24.2. The molecule has 7 N–H and O–H groups in total. The second kappa shape index (κ2) is 13.8. The van der Waals surface area contributed by atoms with Crippen LogP contribution in [0.15, 0.2) is 82.7 Å². The number of allylic oxidation sites excluding steroid dienone is 1. The predicted octanol–water partition coefficient (Wildman–Crippen LogP) is 2.66. The summed E-state index contributed by atoms with van der Waals surface area (Å²) >= 11 is 2.29. The predicted molar refractivity (Wildman–Crippen MR) is 188 cm³/mol. The van der Waals surface area contributed by atoms with Crippen LogP contribution in [0.3, 0.4) is 0 Å².